The van der Waals surface area contributed by atoms with E-state index in [9.17, 15) is 9.59 Å². The highest BCUT2D eigenvalue weighted by Crippen LogP contribution is 2.72. The molecule has 0 aromatic carbocycles. The van der Waals surface area contributed by atoms with Crippen molar-refractivity contribution in [2.24, 2.45) is 45.8 Å². The smallest absolute Gasteiger partial charge is 0.306 e. The maximum absolute atomic E-state index is 12.4. The predicted molar refractivity (Wildman–Crippen MR) is 151 cm³/mol. The third-order valence-electron chi connectivity index (χ3n) is 12.0. The Kier molecular flexibility index (Phi) is 8.56. The Morgan fingerprint density at radius 2 is 1.73 bits per heavy atom. The molecule has 1 unspecified atom stereocenters. The van der Waals surface area contributed by atoms with Crippen LogP contribution in [-0.2, 0) is 14.3 Å². The first-order valence-electron chi connectivity index (χ1n) is 15.5. The van der Waals surface area contributed by atoms with Gasteiger partial charge in [-0.15, -0.1) is 0 Å². The minimum Gasteiger partial charge on any atom is -0.462 e. The number of rotatable bonds is 9. The Morgan fingerprint density at radius 1 is 0.973 bits per heavy atom. The molecule has 4 rings (SSSR count). The summed E-state index contributed by atoms with van der Waals surface area (Å²) < 4.78 is 5.85. The second-order valence-corrected chi connectivity index (χ2v) is 14.5. The van der Waals surface area contributed by atoms with Crippen LogP contribution in [0.1, 0.15) is 125 Å². The van der Waals surface area contributed by atoms with Crippen LogP contribution in [0, 0.1) is 45.8 Å². The molecule has 0 aromatic rings. The van der Waals surface area contributed by atoms with Crippen LogP contribution in [0.3, 0.4) is 0 Å². The molecule has 3 fully saturated rings. The molecule has 4 nitrogen and oxygen atoms in total. The number of hydrogen-bond donors (Lipinski definition) is 1. The summed E-state index contributed by atoms with van der Waals surface area (Å²) in [7, 11) is 1.60. The molecule has 4 heteroatoms. The van der Waals surface area contributed by atoms with E-state index in [0.717, 1.165) is 48.9 Å². The molecule has 0 saturated heterocycles. The quantitative estimate of drug-likeness (QED) is 0.252. The van der Waals surface area contributed by atoms with Crippen molar-refractivity contribution in [1.29, 1.82) is 0 Å². The lowest BCUT2D eigenvalue weighted by Gasteiger charge is -2.63. The minimum atomic E-state index is -0.230. The SMILES string of the molecule is CNC(=O)CCC(=O)OC1CC[C@@]2(C)C(=CC[C@@]3(C)[C@@H]4CC[C@H]([C@@H](C)CCCC(C)C)[C@@]4(C)CC[C@@H]32)C1. The zero-order valence-electron chi connectivity index (χ0n) is 25.0. The maximum Gasteiger partial charge on any atom is 0.306 e. The predicted octanol–water partition coefficient (Wildman–Crippen LogP) is 7.86. The molecule has 0 heterocycles. The Bertz CT molecular complexity index is 879. The molecule has 37 heavy (non-hydrogen) atoms. The monoisotopic (exact) mass is 513 g/mol. The number of allylic oxidation sites excluding steroid dienone is 1. The van der Waals surface area contributed by atoms with Crippen molar-refractivity contribution in [3.8, 4) is 0 Å². The van der Waals surface area contributed by atoms with Gasteiger partial charge in [-0.2, -0.15) is 0 Å². The number of fused-ring (bicyclic) bond motifs is 5. The Balaban J connectivity index is 1.43. The van der Waals surface area contributed by atoms with E-state index in [1.807, 2.05) is 0 Å². The highest BCUT2D eigenvalue weighted by molar-refractivity contribution is 5.81. The fraction of sp³-hybridized carbons (Fsp3) is 0.879. The molecule has 4 aliphatic rings. The third kappa shape index (κ3) is 5.42. The maximum atomic E-state index is 12.4. The Morgan fingerprint density at radius 3 is 2.43 bits per heavy atom. The van der Waals surface area contributed by atoms with E-state index in [4.69, 9.17) is 4.74 Å². The summed E-state index contributed by atoms with van der Waals surface area (Å²) in [6.45, 7) is 15.1. The zero-order valence-corrected chi connectivity index (χ0v) is 25.0. The number of amides is 1. The van der Waals surface area contributed by atoms with Crippen LogP contribution in [0.4, 0.5) is 0 Å². The molecule has 0 aromatic heterocycles. The second kappa shape index (κ2) is 11.0. The van der Waals surface area contributed by atoms with Crippen molar-refractivity contribution in [2.45, 2.75) is 131 Å². The number of esters is 1. The van der Waals surface area contributed by atoms with Crippen LogP contribution in [0.5, 0.6) is 0 Å². The van der Waals surface area contributed by atoms with Gasteiger partial charge >= 0.3 is 5.97 Å². The molecule has 0 aliphatic heterocycles. The van der Waals surface area contributed by atoms with Crippen LogP contribution in [0.15, 0.2) is 11.6 Å². The van der Waals surface area contributed by atoms with Crippen molar-refractivity contribution < 1.29 is 14.3 Å². The lowest BCUT2D eigenvalue weighted by Crippen LogP contribution is -2.56. The van der Waals surface area contributed by atoms with E-state index < -0.39 is 0 Å². The molecule has 4 aliphatic carbocycles. The van der Waals surface area contributed by atoms with Crippen LogP contribution in [-0.4, -0.2) is 25.0 Å². The number of hydrogen-bond acceptors (Lipinski definition) is 3. The van der Waals surface area contributed by atoms with Gasteiger partial charge in [0, 0.05) is 19.9 Å². The average Bonchev–Trinajstić information content (AvgIpc) is 3.21. The summed E-state index contributed by atoms with van der Waals surface area (Å²) in [5, 5.41) is 2.58. The molecular weight excluding hydrogens is 458 g/mol. The largest absolute Gasteiger partial charge is 0.462 e. The molecule has 0 bridgehead atoms. The summed E-state index contributed by atoms with van der Waals surface area (Å²) in [6.07, 6.45) is 16.8. The van der Waals surface area contributed by atoms with E-state index in [-0.39, 0.29) is 36.2 Å². The van der Waals surface area contributed by atoms with Crippen LogP contribution < -0.4 is 5.32 Å². The van der Waals surface area contributed by atoms with Gasteiger partial charge in [0.15, 0.2) is 0 Å². The van der Waals surface area contributed by atoms with E-state index in [2.05, 4.69) is 52.9 Å². The summed E-state index contributed by atoms with van der Waals surface area (Å²) in [6, 6.07) is 0. The molecule has 210 valence electrons. The summed E-state index contributed by atoms with van der Waals surface area (Å²) in [5.74, 6) is 3.76. The summed E-state index contributed by atoms with van der Waals surface area (Å²) in [5.41, 5.74) is 2.65. The van der Waals surface area contributed by atoms with Gasteiger partial charge in [0.2, 0.25) is 5.91 Å². The molecule has 0 spiro atoms. The number of ether oxygens (including phenoxy) is 1. The van der Waals surface area contributed by atoms with E-state index in [1.165, 1.54) is 51.4 Å². The molecule has 0 radical (unpaired) electrons. The topological polar surface area (TPSA) is 55.4 Å². The van der Waals surface area contributed by atoms with Gasteiger partial charge in [-0.3, -0.25) is 9.59 Å². The van der Waals surface area contributed by atoms with E-state index in [1.54, 1.807) is 12.6 Å². The summed E-state index contributed by atoms with van der Waals surface area (Å²) >= 11 is 0. The molecular formula is C33H55NO3. The van der Waals surface area contributed by atoms with Gasteiger partial charge in [-0.1, -0.05) is 72.5 Å². The van der Waals surface area contributed by atoms with Crippen LogP contribution >= 0.6 is 0 Å². The average molecular weight is 514 g/mol. The van der Waals surface area contributed by atoms with Crippen molar-refractivity contribution in [2.75, 3.05) is 7.05 Å². The highest BCUT2D eigenvalue weighted by Gasteiger charge is 2.64. The molecule has 1 N–H and O–H groups in total. The van der Waals surface area contributed by atoms with Crippen molar-refractivity contribution in [3.63, 3.8) is 0 Å². The Hall–Kier alpha value is -1.32. The molecule has 1 amide bonds. The van der Waals surface area contributed by atoms with Gasteiger partial charge < -0.3 is 10.1 Å². The van der Waals surface area contributed by atoms with E-state index in [0.29, 0.717) is 10.8 Å². The zero-order chi connectivity index (χ0) is 27.0. The highest BCUT2D eigenvalue weighted by atomic mass is 16.5. The standard InChI is InChI=1S/C33H55NO3/c1-22(2)9-8-10-23(3)26-11-12-27-32(26,5)20-17-28-31(4)19-16-25(21-24(31)15-18-33(27,28)6)37-30(36)14-13-29(35)34-7/h15,22-23,25-28H,8-14,16-21H2,1-7H3,(H,34,35)/t23-,25?,26+,27+,28+,31-,32+,33-/m0/s1. The van der Waals surface area contributed by atoms with Crippen LogP contribution in [0.2, 0.25) is 0 Å². The van der Waals surface area contributed by atoms with Gasteiger partial charge in [-0.25, -0.2) is 0 Å². The number of carbonyl (C=O) groups is 2. The first-order chi connectivity index (χ1) is 17.4. The third-order valence-corrected chi connectivity index (χ3v) is 12.0. The fourth-order valence-electron chi connectivity index (χ4n) is 9.99. The van der Waals surface area contributed by atoms with Crippen molar-refractivity contribution in [1.82, 2.24) is 5.32 Å². The first kappa shape index (κ1) is 28.7. The van der Waals surface area contributed by atoms with Gasteiger partial charge in [0.05, 0.1) is 6.42 Å². The number of nitrogens with one attached hydrogen (secondary N) is 1. The van der Waals surface area contributed by atoms with Crippen molar-refractivity contribution in [3.05, 3.63) is 11.6 Å². The first-order valence-corrected chi connectivity index (χ1v) is 15.5. The summed E-state index contributed by atoms with van der Waals surface area (Å²) in [4.78, 5) is 23.9. The van der Waals surface area contributed by atoms with E-state index >= 15 is 0 Å². The fourth-order valence-corrected chi connectivity index (χ4v) is 9.99. The molecule has 8 atom stereocenters. The van der Waals surface area contributed by atoms with Gasteiger partial charge in [0.25, 0.3) is 0 Å². The van der Waals surface area contributed by atoms with Gasteiger partial charge in [0.1, 0.15) is 6.10 Å². The lowest BCUT2D eigenvalue weighted by atomic mass is 9.41. The van der Waals surface area contributed by atoms with Crippen LogP contribution in [0.25, 0.3) is 0 Å². The number of carbonyl (C=O) groups excluding carboxylic acids is 2. The lowest BCUT2D eigenvalue weighted by molar-refractivity contribution is -0.154. The molecule has 3 saturated carbocycles. The second-order valence-electron chi connectivity index (χ2n) is 14.5. The minimum absolute atomic E-state index is 0.0303. The Labute approximate surface area is 227 Å². The van der Waals surface area contributed by atoms with Crippen molar-refractivity contribution >= 4 is 11.9 Å². The van der Waals surface area contributed by atoms with Gasteiger partial charge in [-0.05, 0) is 90.8 Å². The normalized spacial score (nSPS) is 39.7.